The van der Waals surface area contributed by atoms with Crippen molar-refractivity contribution in [3.8, 4) is 0 Å². The number of hydrogen-bond donors (Lipinski definition) is 2. The molecule has 0 radical (unpaired) electrons. The Balaban J connectivity index is 1.91. The van der Waals surface area contributed by atoms with E-state index in [2.05, 4.69) is 0 Å². The standard InChI is InChI=1S/C14H24N2O/c1-2-14(16,13(15)17)12-10-4-8-3-9(6-10)7-11(12)5-8/h8-12H,2-7,16H2,1H3,(H2,15,17). The molecule has 1 unspecified atom stereocenters. The molecule has 0 aromatic heterocycles. The van der Waals surface area contributed by atoms with Crippen LogP contribution in [0.2, 0.25) is 0 Å². The second-order valence-corrected chi connectivity index (χ2v) is 6.71. The first-order valence-electron chi connectivity index (χ1n) is 7.13. The van der Waals surface area contributed by atoms with Gasteiger partial charge < -0.3 is 11.5 Å². The average Bonchev–Trinajstić information content (AvgIpc) is 2.26. The van der Waals surface area contributed by atoms with Gasteiger partial charge in [-0.1, -0.05) is 6.92 Å². The van der Waals surface area contributed by atoms with Crippen molar-refractivity contribution in [3.63, 3.8) is 0 Å². The van der Waals surface area contributed by atoms with E-state index in [4.69, 9.17) is 11.5 Å². The fourth-order valence-corrected chi connectivity index (χ4v) is 5.34. The van der Waals surface area contributed by atoms with Crippen molar-refractivity contribution in [1.82, 2.24) is 0 Å². The molecule has 0 heterocycles. The van der Waals surface area contributed by atoms with Gasteiger partial charge in [-0.25, -0.2) is 0 Å². The summed E-state index contributed by atoms with van der Waals surface area (Å²) in [6.45, 7) is 2.01. The van der Waals surface area contributed by atoms with Crippen molar-refractivity contribution in [2.75, 3.05) is 0 Å². The van der Waals surface area contributed by atoms with Gasteiger partial charge in [0.2, 0.25) is 5.91 Å². The molecule has 0 aromatic carbocycles. The van der Waals surface area contributed by atoms with Gasteiger partial charge in [-0.05, 0) is 68.1 Å². The Bertz CT molecular complexity index is 313. The Morgan fingerprint density at radius 2 is 1.59 bits per heavy atom. The summed E-state index contributed by atoms with van der Waals surface area (Å²) in [5.41, 5.74) is 11.2. The third-order valence-corrected chi connectivity index (χ3v) is 5.87. The minimum absolute atomic E-state index is 0.280. The molecule has 0 saturated heterocycles. The number of carbonyl (C=O) groups excluding carboxylic acids is 1. The third-order valence-electron chi connectivity index (χ3n) is 5.87. The Morgan fingerprint density at radius 3 is 1.94 bits per heavy atom. The van der Waals surface area contributed by atoms with Crippen LogP contribution in [0.5, 0.6) is 0 Å². The molecule has 4 fully saturated rings. The van der Waals surface area contributed by atoms with Gasteiger partial charge in [0.25, 0.3) is 0 Å². The number of amides is 1. The summed E-state index contributed by atoms with van der Waals surface area (Å²) in [5, 5.41) is 0. The second kappa shape index (κ2) is 3.71. The summed E-state index contributed by atoms with van der Waals surface area (Å²) >= 11 is 0. The highest BCUT2D eigenvalue weighted by Crippen LogP contribution is 2.59. The first-order chi connectivity index (χ1) is 8.04. The molecule has 0 aliphatic heterocycles. The molecule has 0 aromatic rings. The van der Waals surface area contributed by atoms with E-state index in [0.29, 0.717) is 24.2 Å². The first-order valence-corrected chi connectivity index (χ1v) is 7.13. The van der Waals surface area contributed by atoms with E-state index in [9.17, 15) is 4.79 Å². The number of nitrogens with two attached hydrogens (primary N) is 2. The predicted molar refractivity (Wildman–Crippen MR) is 66.9 cm³/mol. The van der Waals surface area contributed by atoms with E-state index in [1.807, 2.05) is 6.92 Å². The minimum atomic E-state index is -0.747. The summed E-state index contributed by atoms with van der Waals surface area (Å²) in [7, 11) is 0. The van der Waals surface area contributed by atoms with Gasteiger partial charge in [0, 0.05) is 0 Å². The normalized spacial score (nSPS) is 46.8. The molecule has 3 heteroatoms. The van der Waals surface area contributed by atoms with Crippen LogP contribution >= 0.6 is 0 Å². The van der Waals surface area contributed by atoms with Crippen molar-refractivity contribution in [1.29, 1.82) is 0 Å². The lowest BCUT2D eigenvalue weighted by Crippen LogP contribution is -2.64. The molecular weight excluding hydrogens is 212 g/mol. The Labute approximate surface area is 103 Å². The van der Waals surface area contributed by atoms with Crippen LogP contribution in [-0.2, 0) is 4.79 Å². The van der Waals surface area contributed by atoms with Gasteiger partial charge in [-0.15, -0.1) is 0 Å². The van der Waals surface area contributed by atoms with Crippen molar-refractivity contribution >= 4 is 5.91 Å². The van der Waals surface area contributed by atoms with Gasteiger partial charge in [-0.2, -0.15) is 0 Å². The van der Waals surface area contributed by atoms with Crippen LogP contribution in [0.1, 0.15) is 45.4 Å². The number of rotatable bonds is 3. The van der Waals surface area contributed by atoms with E-state index in [0.717, 1.165) is 11.8 Å². The fourth-order valence-electron chi connectivity index (χ4n) is 5.34. The summed E-state index contributed by atoms with van der Waals surface area (Å²) in [6.07, 6.45) is 7.30. The number of hydrogen-bond acceptors (Lipinski definition) is 2. The molecule has 0 spiro atoms. The van der Waals surface area contributed by atoms with E-state index >= 15 is 0 Å². The lowest BCUT2D eigenvalue weighted by atomic mass is 9.48. The highest BCUT2D eigenvalue weighted by Gasteiger charge is 2.55. The Morgan fingerprint density at radius 1 is 1.12 bits per heavy atom. The lowest BCUT2D eigenvalue weighted by molar-refractivity contribution is -0.134. The van der Waals surface area contributed by atoms with Crippen LogP contribution in [0.25, 0.3) is 0 Å². The van der Waals surface area contributed by atoms with E-state index in [1.165, 1.54) is 32.1 Å². The quantitative estimate of drug-likeness (QED) is 0.782. The molecule has 4 bridgehead atoms. The molecule has 4 N–H and O–H groups in total. The molecule has 3 nitrogen and oxygen atoms in total. The van der Waals surface area contributed by atoms with Gasteiger partial charge in [0.15, 0.2) is 0 Å². The van der Waals surface area contributed by atoms with Crippen molar-refractivity contribution in [3.05, 3.63) is 0 Å². The second-order valence-electron chi connectivity index (χ2n) is 6.71. The molecule has 1 atom stereocenters. The van der Waals surface area contributed by atoms with Crippen molar-refractivity contribution in [2.24, 2.45) is 41.1 Å². The van der Waals surface area contributed by atoms with E-state index in [1.54, 1.807) is 0 Å². The SMILES string of the molecule is CCC(N)(C(N)=O)C1C2CC3CC(C2)CC1C3. The summed E-state index contributed by atoms with van der Waals surface area (Å²) < 4.78 is 0. The average molecular weight is 236 g/mol. The van der Waals surface area contributed by atoms with Crippen LogP contribution in [0.4, 0.5) is 0 Å². The largest absolute Gasteiger partial charge is 0.368 e. The minimum Gasteiger partial charge on any atom is -0.368 e. The summed E-state index contributed by atoms with van der Waals surface area (Å²) in [4.78, 5) is 11.8. The van der Waals surface area contributed by atoms with Crippen LogP contribution in [0, 0.1) is 29.6 Å². The van der Waals surface area contributed by atoms with Gasteiger partial charge in [0.1, 0.15) is 0 Å². The first kappa shape index (κ1) is 11.5. The monoisotopic (exact) mass is 236 g/mol. The summed E-state index contributed by atoms with van der Waals surface area (Å²) in [6, 6.07) is 0. The smallest absolute Gasteiger partial charge is 0.237 e. The zero-order valence-corrected chi connectivity index (χ0v) is 10.7. The van der Waals surface area contributed by atoms with E-state index in [-0.39, 0.29) is 5.91 Å². The van der Waals surface area contributed by atoms with Crippen LogP contribution in [0.3, 0.4) is 0 Å². The van der Waals surface area contributed by atoms with Crippen LogP contribution in [0.15, 0.2) is 0 Å². The maximum atomic E-state index is 11.8. The summed E-state index contributed by atoms with van der Waals surface area (Å²) in [5.74, 6) is 3.26. The number of primary amides is 1. The Kier molecular flexibility index (Phi) is 2.51. The van der Waals surface area contributed by atoms with Gasteiger partial charge >= 0.3 is 0 Å². The van der Waals surface area contributed by atoms with Crippen molar-refractivity contribution < 1.29 is 4.79 Å². The van der Waals surface area contributed by atoms with Gasteiger partial charge in [-0.3, -0.25) is 4.79 Å². The molecule has 4 aliphatic rings. The van der Waals surface area contributed by atoms with Crippen molar-refractivity contribution in [2.45, 2.75) is 51.0 Å². The molecular formula is C14H24N2O. The van der Waals surface area contributed by atoms with Crippen LogP contribution in [-0.4, -0.2) is 11.4 Å². The maximum absolute atomic E-state index is 11.8. The predicted octanol–water partition coefficient (Wildman–Crippen LogP) is 1.65. The topological polar surface area (TPSA) is 69.1 Å². The zero-order valence-electron chi connectivity index (χ0n) is 10.7. The molecule has 17 heavy (non-hydrogen) atoms. The molecule has 4 saturated carbocycles. The third kappa shape index (κ3) is 1.55. The molecule has 4 aliphatic carbocycles. The Hall–Kier alpha value is -0.570. The molecule has 4 rings (SSSR count). The lowest BCUT2D eigenvalue weighted by Gasteiger charge is -2.58. The maximum Gasteiger partial charge on any atom is 0.237 e. The highest BCUT2D eigenvalue weighted by atomic mass is 16.1. The molecule has 96 valence electrons. The van der Waals surface area contributed by atoms with Crippen LogP contribution < -0.4 is 11.5 Å². The fraction of sp³-hybridized carbons (Fsp3) is 0.929. The highest BCUT2D eigenvalue weighted by molar-refractivity contribution is 5.84. The molecule has 1 amide bonds. The van der Waals surface area contributed by atoms with Gasteiger partial charge in [0.05, 0.1) is 5.54 Å². The number of carbonyl (C=O) groups is 1. The zero-order chi connectivity index (χ0) is 12.2. The van der Waals surface area contributed by atoms with E-state index < -0.39 is 5.54 Å².